The number of ether oxygens (including phenoxy) is 2. The van der Waals surface area contributed by atoms with Gasteiger partial charge in [-0.15, -0.1) is 0 Å². The summed E-state index contributed by atoms with van der Waals surface area (Å²) in [5.41, 5.74) is -0.719. The van der Waals surface area contributed by atoms with Crippen molar-refractivity contribution in [1.82, 2.24) is 10.6 Å². The Kier molecular flexibility index (Phi) is 8.04. The van der Waals surface area contributed by atoms with Gasteiger partial charge in [-0.2, -0.15) is 0 Å². The summed E-state index contributed by atoms with van der Waals surface area (Å²) < 4.78 is 10.2. The SMILES string of the molecule is CCOC(=O)C(NC(C)(C)C)C(NC(C)(C)C)C(=O)OCC. The molecule has 22 heavy (non-hydrogen) atoms. The highest BCUT2D eigenvalue weighted by atomic mass is 16.5. The van der Waals surface area contributed by atoms with E-state index in [1.165, 1.54) is 0 Å². The second-order valence-electron chi connectivity index (χ2n) is 7.25. The average molecular weight is 316 g/mol. The predicted octanol–water partition coefficient (Wildman–Crippen LogP) is 1.63. The smallest absolute Gasteiger partial charge is 0.325 e. The van der Waals surface area contributed by atoms with E-state index in [0.29, 0.717) is 0 Å². The minimum atomic E-state index is -0.821. The first-order valence-corrected chi connectivity index (χ1v) is 7.80. The lowest BCUT2D eigenvalue weighted by molar-refractivity contribution is -0.156. The van der Waals surface area contributed by atoms with Crippen molar-refractivity contribution in [3.8, 4) is 0 Å². The van der Waals surface area contributed by atoms with Crippen LogP contribution in [0.1, 0.15) is 55.4 Å². The van der Waals surface area contributed by atoms with E-state index >= 15 is 0 Å². The van der Waals surface area contributed by atoms with Crippen molar-refractivity contribution >= 4 is 11.9 Å². The Morgan fingerprint density at radius 3 is 1.23 bits per heavy atom. The number of carbonyl (C=O) groups excluding carboxylic acids is 2. The van der Waals surface area contributed by atoms with Crippen LogP contribution in [0, 0.1) is 0 Å². The number of esters is 2. The molecule has 0 bridgehead atoms. The van der Waals surface area contributed by atoms with Gasteiger partial charge in [0.25, 0.3) is 0 Å². The molecule has 2 unspecified atom stereocenters. The maximum atomic E-state index is 12.3. The summed E-state index contributed by atoms with van der Waals surface area (Å²) in [5.74, 6) is -0.931. The third-order valence-electron chi connectivity index (χ3n) is 2.59. The van der Waals surface area contributed by atoms with Crippen LogP contribution in [-0.2, 0) is 19.1 Å². The zero-order valence-corrected chi connectivity index (χ0v) is 15.2. The maximum absolute atomic E-state index is 12.3. The van der Waals surface area contributed by atoms with Crippen LogP contribution in [0.25, 0.3) is 0 Å². The van der Waals surface area contributed by atoms with Gasteiger partial charge < -0.3 is 9.47 Å². The predicted molar refractivity (Wildman–Crippen MR) is 86.6 cm³/mol. The van der Waals surface area contributed by atoms with E-state index in [-0.39, 0.29) is 24.3 Å². The zero-order valence-electron chi connectivity index (χ0n) is 15.2. The van der Waals surface area contributed by atoms with Crippen molar-refractivity contribution in [2.24, 2.45) is 0 Å². The van der Waals surface area contributed by atoms with Crippen molar-refractivity contribution in [3.05, 3.63) is 0 Å². The fraction of sp³-hybridized carbons (Fsp3) is 0.875. The van der Waals surface area contributed by atoms with Gasteiger partial charge in [0.2, 0.25) is 0 Å². The van der Waals surface area contributed by atoms with Gasteiger partial charge >= 0.3 is 11.9 Å². The molecule has 0 saturated heterocycles. The molecule has 0 aliphatic rings. The highest BCUT2D eigenvalue weighted by molar-refractivity contribution is 5.87. The fourth-order valence-electron chi connectivity index (χ4n) is 1.95. The van der Waals surface area contributed by atoms with Gasteiger partial charge in [0.15, 0.2) is 0 Å². The molecular weight excluding hydrogens is 284 g/mol. The van der Waals surface area contributed by atoms with Crippen LogP contribution >= 0.6 is 0 Å². The number of hydrogen-bond donors (Lipinski definition) is 2. The monoisotopic (exact) mass is 316 g/mol. The van der Waals surface area contributed by atoms with Crippen molar-refractivity contribution in [3.63, 3.8) is 0 Å². The number of nitrogens with one attached hydrogen (secondary N) is 2. The third-order valence-corrected chi connectivity index (χ3v) is 2.59. The second-order valence-corrected chi connectivity index (χ2v) is 7.25. The topological polar surface area (TPSA) is 76.7 Å². The summed E-state index contributed by atoms with van der Waals surface area (Å²) >= 11 is 0. The van der Waals surface area contributed by atoms with Crippen LogP contribution in [0.4, 0.5) is 0 Å². The molecule has 6 nitrogen and oxygen atoms in total. The minimum absolute atomic E-state index is 0.256. The highest BCUT2D eigenvalue weighted by Gasteiger charge is 2.39. The molecule has 0 aromatic heterocycles. The molecule has 0 aromatic rings. The lowest BCUT2D eigenvalue weighted by Gasteiger charge is -2.35. The van der Waals surface area contributed by atoms with Crippen LogP contribution in [0.2, 0.25) is 0 Å². The van der Waals surface area contributed by atoms with E-state index in [1.54, 1.807) is 13.8 Å². The molecule has 0 aliphatic heterocycles. The summed E-state index contributed by atoms with van der Waals surface area (Å²) in [4.78, 5) is 24.6. The lowest BCUT2D eigenvalue weighted by Crippen LogP contribution is -2.64. The summed E-state index contributed by atoms with van der Waals surface area (Å²) in [6.07, 6.45) is 0. The normalized spacial score (nSPS) is 15.1. The molecule has 0 spiro atoms. The molecule has 0 aliphatic carbocycles. The van der Waals surface area contributed by atoms with Crippen molar-refractivity contribution in [2.45, 2.75) is 78.6 Å². The van der Waals surface area contributed by atoms with Crippen LogP contribution < -0.4 is 10.6 Å². The maximum Gasteiger partial charge on any atom is 0.325 e. The molecule has 0 saturated carbocycles. The lowest BCUT2D eigenvalue weighted by atomic mass is 9.99. The first kappa shape index (κ1) is 20.9. The molecule has 130 valence electrons. The van der Waals surface area contributed by atoms with E-state index in [1.807, 2.05) is 41.5 Å². The molecule has 0 amide bonds. The number of rotatable bonds is 7. The zero-order chi connectivity index (χ0) is 17.6. The van der Waals surface area contributed by atoms with Crippen molar-refractivity contribution < 1.29 is 19.1 Å². The standard InChI is InChI=1S/C16H32N2O4/c1-9-21-13(19)11(17-15(3,4)5)12(14(20)22-10-2)18-16(6,7)8/h11-12,17-18H,9-10H2,1-8H3. The van der Waals surface area contributed by atoms with Gasteiger partial charge in [-0.1, -0.05) is 0 Å². The molecule has 0 aromatic carbocycles. The third kappa shape index (κ3) is 8.34. The molecule has 2 atom stereocenters. The Balaban J connectivity index is 5.49. The van der Waals surface area contributed by atoms with Gasteiger partial charge in [0, 0.05) is 11.1 Å². The van der Waals surface area contributed by atoms with Crippen molar-refractivity contribution in [1.29, 1.82) is 0 Å². The molecule has 6 heteroatoms. The summed E-state index contributed by atoms with van der Waals surface area (Å²) in [7, 11) is 0. The van der Waals surface area contributed by atoms with Crippen LogP contribution in [-0.4, -0.2) is 48.3 Å². The Morgan fingerprint density at radius 2 is 1.05 bits per heavy atom. The van der Waals surface area contributed by atoms with Gasteiger partial charge in [-0.3, -0.25) is 20.2 Å². The summed E-state index contributed by atoms with van der Waals surface area (Å²) in [5, 5.41) is 6.33. The first-order valence-electron chi connectivity index (χ1n) is 7.80. The average Bonchev–Trinajstić information content (AvgIpc) is 2.31. The van der Waals surface area contributed by atoms with E-state index in [2.05, 4.69) is 10.6 Å². The van der Waals surface area contributed by atoms with Crippen LogP contribution in [0.3, 0.4) is 0 Å². The number of carbonyl (C=O) groups is 2. The van der Waals surface area contributed by atoms with Gasteiger partial charge in [-0.05, 0) is 55.4 Å². The van der Waals surface area contributed by atoms with Gasteiger partial charge in [0.1, 0.15) is 12.1 Å². The molecular formula is C16H32N2O4. The van der Waals surface area contributed by atoms with Gasteiger partial charge in [-0.25, -0.2) is 0 Å². The van der Waals surface area contributed by atoms with E-state index < -0.39 is 24.0 Å². The molecule has 2 N–H and O–H groups in total. The van der Waals surface area contributed by atoms with Crippen molar-refractivity contribution in [2.75, 3.05) is 13.2 Å². The van der Waals surface area contributed by atoms with Gasteiger partial charge in [0.05, 0.1) is 13.2 Å². The second kappa shape index (κ2) is 8.48. The fourth-order valence-corrected chi connectivity index (χ4v) is 1.95. The molecule has 0 rings (SSSR count). The van der Waals surface area contributed by atoms with E-state index in [4.69, 9.17) is 9.47 Å². The molecule has 0 fully saturated rings. The van der Waals surface area contributed by atoms with E-state index in [9.17, 15) is 9.59 Å². The molecule has 0 radical (unpaired) electrons. The van der Waals surface area contributed by atoms with Crippen LogP contribution in [0.15, 0.2) is 0 Å². The summed E-state index contributed by atoms with van der Waals surface area (Å²) in [6.45, 7) is 15.6. The Bertz CT molecular complexity index is 333. The number of hydrogen-bond acceptors (Lipinski definition) is 6. The minimum Gasteiger partial charge on any atom is -0.465 e. The first-order chi connectivity index (χ1) is 9.91. The van der Waals surface area contributed by atoms with Crippen LogP contribution in [0.5, 0.6) is 0 Å². The quantitative estimate of drug-likeness (QED) is 0.695. The molecule has 0 heterocycles. The highest BCUT2D eigenvalue weighted by Crippen LogP contribution is 2.12. The summed E-state index contributed by atoms with van der Waals surface area (Å²) in [6, 6.07) is -1.64. The Morgan fingerprint density at radius 1 is 0.773 bits per heavy atom. The van der Waals surface area contributed by atoms with E-state index in [0.717, 1.165) is 0 Å². The largest absolute Gasteiger partial charge is 0.465 e. The Labute approximate surface area is 134 Å². The Hall–Kier alpha value is -1.14.